The Kier molecular flexibility index (Phi) is 6.53. The number of ether oxygens (including phenoxy) is 1. The van der Waals surface area contributed by atoms with Crippen molar-refractivity contribution >= 4 is 11.9 Å². The topological polar surface area (TPSA) is 43.4 Å². The summed E-state index contributed by atoms with van der Waals surface area (Å²) in [7, 11) is 0. The van der Waals surface area contributed by atoms with Gasteiger partial charge < -0.3 is 4.74 Å². The summed E-state index contributed by atoms with van der Waals surface area (Å²) >= 11 is 0. The van der Waals surface area contributed by atoms with Crippen molar-refractivity contribution in [3.05, 3.63) is 65.7 Å². The van der Waals surface area contributed by atoms with Crippen molar-refractivity contribution in [3.8, 4) is 11.1 Å². The van der Waals surface area contributed by atoms with Crippen molar-refractivity contribution in [2.75, 3.05) is 6.61 Å². The largest absolute Gasteiger partial charge is 0.466 e. The Morgan fingerprint density at radius 2 is 1.67 bits per heavy atom. The highest BCUT2D eigenvalue weighted by Gasteiger charge is 2.16. The number of hydrogen-bond acceptors (Lipinski definition) is 3. The second-order valence-corrected chi connectivity index (χ2v) is 5.80. The Labute approximate surface area is 143 Å². The fraction of sp³-hybridized carbons (Fsp3) is 0.286. The fourth-order valence-electron chi connectivity index (χ4n) is 2.58. The van der Waals surface area contributed by atoms with Crippen LogP contribution in [0.2, 0.25) is 0 Å². The quantitative estimate of drug-likeness (QED) is 0.565. The predicted molar refractivity (Wildman–Crippen MR) is 95.2 cm³/mol. The van der Waals surface area contributed by atoms with Gasteiger partial charge in [-0.2, -0.15) is 0 Å². The molecule has 0 aliphatic rings. The van der Waals surface area contributed by atoms with Crippen molar-refractivity contribution in [1.82, 2.24) is 0 Å². The molecule has 0 unspecified atom stereocenters. The molecule has 2 aromatic carbocycles. The third-order valence-corrected chi connectivity index (χ3v) is 3.86. The first-order valence-electron chi connectivity index (χ1n) is 8.18. The average molecular weight is 322 g/mol. The number of hydrogen-bond donors (Lipinski definition) is 0. The van der Waals surface area contributed by atoms with E-state index >= 15 is 0 Å². The van der Waals surface area contributed by atoms with Crippen molar-refractivity contribution in [2.24, 2.45) is 5.92 Å². The number of esters is 1. The number of rotatable bonds is 7. The molecule has 0 spiro atoms. The molecule has 0 N–H and O–H groups in total. The third kappa shape index (κ3) is 4.94. The van der Waals surface area contributed by atoms with E-state index in [1.165, 1.54) is 0 Å². The molecule has 2 aromatic rings. The Morgan fingerprint density at radius 3 is 2.25 bits per heavy atom. The van der Waals surface area contributed by atoms with Gasteiger partial charge in [0.05, 0.1) is 12.5 Å². The van der Waals surface area contributed by atoms with Gasteiger partial charge in [-0.3, -0.25) is 4.79 Å². The van der Waals surface area contributed by atoms with Gasteiger partial charge in [0.2, 0.25) is 0 Å². The van der Waals surface area contributed by atoms with E-state index in [0.29, 0.717) is 25.0 Å². The molecule has 0 heterocycles. The van der Waals surface area contributed by atoms with Crippen LogP contribution in [0.5, 0.6) is 0 Å². The highest BCUT2D eigenvalue weighted by molar-refractivity contribution is 5.73. The number of allylic oxidation sites excluding steroid dienone is 1. The second kappa shape index (κ2) is 8.85. The molecular weight excluding hydrogens is 300 g/mol. The van der Waals surface area contributed by atoms with Gasteiger partial charge in [0.1, 0.15) is 5.94 Å². The summed E-state index contributed by atoms with van der Waals surface area (Å²) in [6, 6.07) is 18.2. The van der Waals surface area contributed by atoms with E-state index in [2.05, 4.69) is 12.1 Å². The molecule has 1 atom stereocenters. The van der Waals surface area contributed by atoms with E-state index in [1.807, 2.05) is 48.4 Å². The molecule has 0 bridgehead atoms. The van der Waals surface area contributed by atoms with Crippen LogP contribution < -0.4 is 0 Å². The molecule has 0 aromatic heterocycles. The summed E-state index contributed by atoms with van der Waals surface area (Å²) in [5.74, 6) is 1.38. The van der Waals surface area contributed by atoms with Crippen LogP contribution in [0.25, 0.3) is 11.1 Å². The molecule has 0 amide bonds. The van der Waals surface area contributed by atoms with Crippen LogP contribution in [0.15, 0.2) is 60.2 Å². The maximum Gasteiger partial charge on any atom is 0.308 e. The Morgan fingerprint density at radius 1 is 1.04 bits per heavy atom. The Hall–Kier alpha value is -2.64. The number of carbonyl (C=O) groups is 1. The standard InChI is InChI=1S/C21H22O3/c1-3-24-21(23)16(2)13-18(15-22)14-17-9-11-20(12-10-17)19-7-5-4-6-8-19/h4-12,16H,3,13-14H2,1-2H3/t16-/m1/s1. The predicted octanol–water partition coefficient (Wildman–Crippen LogP) is 4.24. The molecule has 0 radical (unpaired) electrons. The van der Waals surface area contributed by atoms with Crippen LogP contribution in [0, 0.1) is 5.92 Å². The van der Waals surface area contributed by atoms with E-state index < -0.39 is 0 Å². The van der Waals surface area contributed by atoms with Crippen molar-refractivity contribution in [1.29, 1.82) is 0 Å². The molecule has 0 saturated heterocycles. The molecule has 24 heavy (non-hydrogen) atoms. The van der Waals surface area contributed by atoms with Gasteiger partial charge in [-0.15, -0.1) is 0 Å². The Balaban J connectivity index is 2.01. The van der Waals surface area contributed by atoms with E-state index in [9.17, 15) is 9.59 Å². The summed E-state index contributed by atoms with van der Waals surface area (Å²) in [6.45, 7) is 3.90. The summed E-state index contributed by atoms with van der Waals surface area (Å²) in [5.41, 5.74) is 3.91. The monoisotopic (exact) mass is 322 g/mol. The fourth-order valence-corrected chi connectivity index (χ4v) is 2.58. The number of carbonyl (C=O) groups excluding carboxylic acids is 2. The van der Waals surface area contributed by atoms with Crippen LogP contribution >= 0.6 is 0 Å². The molecule has 0 saturated carbocycles. The molecule has 0 aliphatic carbocycles. The zero-order valence-electron chi connectivity index (χ0n) is 14.1. The van der Waals surface area contributed by atoms with Crippen LogP contribution in [0.3, 0.4) is 0 Å². The summed E-state index contributed by atoms with van der Waals surface area (Å²) in [4.78, 5) is 22.9. The Bertz CT molecular complexity index is 711. The second-order valence-electron chi connectivity index (χ2n) is 5.80. The first-order chi connectivity index (χ1) is 11.6. The first kappa shape index (κ1) is 17.7. The first-order valence-corrected chi connectivity index (χ1v) is 8.18. The van der Waals surface area contributed by atoms with E-state index in [-0.39, 0.29) is 11.9 Å². The summed E-state index contributed by atoms with van der Waals surface area (Å²) < 4.78 is 4.98. The van der Waals surface area contributed by atoms with E-state index in [1.54, 1.807) is 13.8 Å². The SMILES string of the molecule is CCOC(=O)[C@H](C)CC(=C=O)Cc1ccc(-c2ccccc2)cc1. The molecule has 0 fully saturated rings. The third-order valence-electron chi connectivity index (χ3n) is 3.86. The molecule has 124 valence electrons. The van der Waals surface area contributed by atoms with E-state index in [0.717, 1.165) is 16.7 Å². The maximum atomic E-state index is 11.7. The minimum absolute atomic E-state index is 0.273. The van der Waals surface area contributed by atoms with E-state index in [4.69, 9.17) is 4.74 Å². The van der Waals surface area contributed by atoms with Crippen LogP contribution in [-0.2, 0) is 20.7 Å². The highest BCUT2D eigenvalue weighted by Crippen LogP contribution is 2.21. The van der Waals surface area contributed by atoms with Crippen molar-refractivity contribution in [2.45, 2.75) is 26.7 Å². The molecule has 3 heteroatoms. The summed E-state index contributed by atoms with van der Waals surface area (Å²) in [6.07, 6.45) is 0.880. The smallest absolute Gasteiger partial charge is 0.308 e. The molecule has 3 nitrogen and oxygen atoms in total. The van der Waals surface area contributed by atoms with Crippen LogP contribution in [0.1, 0.15) is 25.8 Å². The van der Waals surface area contributed by atoms with Crippen LogP contribution in [0.4, 0.5) is 0 Å². The maximum absolute atomic E-state index is 11.7. The normalized spacial score (nSPS) is 11.4. The minimum atomic E-state index is -0.329. The average Bonchev–Trinajstić information content (AvgIpc) is 2.62. The lowest BCUT2D eigenvalue weighted by molar-refractivity contribution is -0.147. The lowest BCUT2D eigenvalue weighted by Gasteiger charge is -2.11. The van der Waals surface area contributed by atoms with Gasteiger partial charge in [-0.05, 0) is 30.0 Å². The summed E-state index contributed by atoms with van der Waals surface area (Å²) in [5, 5.41) is 0. The molecule has 0 aliphatic heterocycles. The lowest BCUT2D eigenvalue weighted by Crippen LogP contribution is -2.16. The van der Waals surface area contributed by atoms with Gasteiger partial charge in [0, 0.05) is 12.0 Å². The van der Waals surface area contributed by atoms with Gasteiger partial charge >= 0.3 is 5.97 Å². The molecule has 2 rings (SSSR count). The van der Waals surface area contributed by atoms with Crippen LogP contribution in [-0.4, -0.2) is 18.5 Å². The zero-order valence-corrected chi connectivity index (χ0v) is 14.1. The van der Waals surface area contributed by atoms with Gasteiger partial charge in [-0.1, -0.05) is 61.5 Å². The van der Waals surface area contributed by atoms with Gasteiger partial charge in [0.15, 0.2) is 0 Å². The van der Waals surface area contributed by atoms with Crippen molar-refractivity contribution in [3.63, 3.8) is 0 Å². The van der Waals surface area contributed by atoms with Gasteiger partial charge in [0.25, 0.3) is 0 Å². The minimum Gasteiger partial charge on any atom is -0.466 e. The molecular formula is C21H22O3. The lowest BCUT2D eigenvalue weighted by atomic mass is 9.95. The number of benzene rings is 2. The zero-order chi connectivity index (χ0) is 17.4. The van der Waals surface area contributed by atoms with Crippen molar-refractivity contribution < 1.29 is 14.3 Å². The van der Waals surface area contributed by atoms with Gasteiger partial charge in [-0.25, -0.2) is 4.79 Å². The highest BCUT2D eigenvalue weighted by atomic mass is 16.5.